The number of ether oxygens (including phenoxy) is 13. The second kappa shape index (κ2) is 35.1. The lowest BCUT2D eigenvalue weighted by Crippen LogP contribution is -2.29. The number of carbonyl (C=O) groups is 1. The van der Waals surface area contributed by atoms with Gasteiger partial charge in [0.05, 0.1) is 159 Å². The summed E-state index contributed by atoms with van der Waals surface area (Å²) in [4.78, 5) is 12.2. The molecule has 1 amide bonds. The Labute approximate surface area is 336 Å². The number of fused-ring (bicyclic) bond motifs is 3. The second-order valence-electron chi connectivity index (χ2n) is 12.3. The van der Waals surface area contributed by atoms with Crippen molar-refractivity contribution < 1.29 is 70.8 Å². The van der Waals surface area contributed by atoms with Crippen LogP contribution in [0.25, 0.3) is 11.1 Å². The summed E-state index contributed by atoms with van der Waals surface area (Å²) >= 11 is 0. The maximum absolute atomic E-state index is 12.2. The molecule has 2 aromatic carbocycles. The van der Waals surface area contributed by atoms with Crippen LogP contribution >= 0.6 is 0 Å². The Kier molecular flexibility index (Phi) is 29.9. The molecule has 1 aliphatic rings. The number of carbonyl (C=O) groups excluding carboxylic acids is 1. The van der Waals surface area contributed by atoms with Crippen LogP contribution in [0.4, 0.5) is 9.18 Å². The van der Waals surface area contributed by atoms with Gasteiger partial charge in [-0.1, -0.05) is 48.5 Å². The van der Waals surface area contributed by atoms with E-state index in [-0.39, 0.29) is 19.1 Å². The minimum atomic E-state index is -0.480. The van der Waals surface area contributed by atoms with E-state index in [4.69, 9.17) is 61.6 Å². The Morgan fingerprint density at radius 1 is 0.421 bits per heavy atom. The van der Waals surface area contributed by atoms with Crippen LogP contribution in [0.2, 0.25) is 0 Å². The van der Waals surface area contributed by atoms with Crippen molar-refractivity contribution in [3.8, 4) is 11.1 Å². The normalized spacial score (nSPS) is 12.2. The number of benzene rings is 2. The van der Waals surface area contributed by atoms with Crippen molar-refractivity contribution in [1.82, 2.24) is 5.32 Å². The summed E-state index contributed by atoms with van der Waals surface area (Å²) in [5.74, 6) is 0.0329. The quantitative estimate of drug-likeness (QED) is 0.0976. The van der Waals surface area contributed by atoms with Crippen LogP contribution in [-0.4, -0.2) is 184 Å². The fourth-order valence-electron chi connectivity index (χ4n) is 5.45. The number of alkyl carbamates (subject to hydrolysis) is 1. The van der Waals surface area contributed by atoms with E-state index in [1.54, 1.807) is 0 Å². The average molecular weight is 814 g/mol. The molecule has 0 spiro atoms. The zero-order valence-electron chi connectivity index (χ0n) is 33.4. The molecular formula is C41H64FNO14. The number of halogens is 1. The zero-order valence-corrected chi connectivity index (χ0v) is 33.4. The van der Waals surface area contributed by atoms with E-state index in [1.807, 2.05) is 24.3 Å². The minimum Gasteiger partial charge on any atom is -0.449 e. The molecule has 1 aliphatic carbocycles. The molecule has 0 fully saturated rings. The van der Waals surface area contributed by atoms with Crippen LogP contribution in [0.3, 0.4) is 0 Å². The summed E-state index contributed by atoms with van der Waals surface area (Å²) in [5.41, 5.74) is 4.76. The van der Waals surface area contributed by atoms with E-state index in [2.05, 4.69) is 29.6 Å². The molecule has 1 N–H and O–H groups in total. The third-order valence-corrected chi connectivity index (χ3v) is 8.17. The van der Waals surface area contributed by atoms with Crippen LogP contribution in [0.5, 0.6) is 0 Å². The molecule has 0 atom stereocenters. The highest BCUT2D eigenvalue weighted by atomic mass is 19.1. The Morgan fingerprint density at radius 2 is 0.702 bits per heavy atom. The Morgan fingerprint density at radius 3 is 1.02 bits per heavy atom. The average Bonchev–Trinajstić information content (AvgIpc) is 3.55. The lowest BCUT2D eigenvalue weighted by atomic mass is 9.98. The molecule has 15 nitrogen and oxygen atoms in total. The third kappa shape index (κ3) is 24.0. The number of alkyl halides is 1. The van der Waals surface area contributed by atoms with Gasteiger partial charge >= 0.3 is 6.09 Å². The highest BCUT2D eigenvalue weighted by molar-refractivity contribution is 5.79. The van der Waals surface area contributed by atoms with Crippen molar-refractivity contribution in [1.29, 1.82) is 0 Å². The summed E-state index contributed by atoms with van der Waals surface area (Å²) in [6.07, 6.45) is -0.456. The van der Waals surface area contributed by atoms with Gasteiger partial charge in [-0.2, -0.15) is 0 Å². The Balaban J connectivity index is 0.931. The fraction of sp³-hybridized carbons (Fsp3) is 0.683. The van der Waals surface area contributed by atoms with Crippen molar-refractivity contribution in [2.24, 2.45) is 0 Å². The van der Waals surface area contributed by atoms with Gasteiger partial charge in [-0.3, -0.25) is 0 Å². The summed E-state index contributed by atoms with van der Waals surface area (Å²) in [5, 5.41) is 2.74. The number of nitrogens with one attached hydrogen (secondary N) is 1. The van der Waals surface area contributed by atoms with Gasteiger partial charge in [0.2, 0.25) is 0 Å². The van der Waals surface area contributed by atoms with Gasteiger partial charge in [-0.15, -0.1) is 0 Å². The molecule has 0 radical (unpaired) electrons. The smallest absolute Gasteiger partial charge is 0.407 e. The highest BCUT2D eigenvalue weighted by Crippen LogP contribution is 2.44. The van der Waals surface area contributed by atoms with E-state index >= 15 is 0 Å². The first-order valence-corrected chi connectivity index (χ1v) is 19.9. The molecule has 0 saturated heterocycles. The van der Waals surface area contributed by atoms with Crippen LogP contribution in [0.15, 0.2) is 48.5 Å². The second-order valence-corrected chi connectivity index (χ2v) is 12.3. The topological polar surface area (TPSA) is 149 Å². The number of hydrogen-bond acceptors (Lipinski definition) is 14. The predicted octanol–water partition coefficient (Wildman–Crippen LogP) is 3.69. The SMILES string of the molecule is O=C(NCCOCCOCCOCCOCCOCCOCCOCCOCCOCCOCCOCCOCCF)OCC1c2ccccc2-c2ccccc21. The molecule has 324 valence electrons. The van der Waals surface area contributed by atoms with Gasteiger partial charge in [0.15, 0.2) is 0 Å². The maximum atomic E-state index is 12.2. The molecular weight excluding hydrogens is 749 g/mol. The first kappa shape index (κ1) is 48.5. The molecule has 0 unspecified atom stereocenters. The van der Waals surface area contributed by atoms with Crippen LogP contribution in [0, 0.1) is 0 Å². The van der Waals surface area contributed by atoms with Gasteiger partial charge in [0.1, 0.15) is 13.3 Å². The van der Waals surface area contributed by atoms with E-state index < -0.39 is 12.8 Å². The molecule has 3 rings (SSSR count). The molecule has 0 bridgehead atoms. The van der Waals surface area contributed by atoms with Crippen LogP contribution < -0.4 is 5.32 Å². The molecule has 0 saturated carbocycles. The van der Waals surface area contributed by atoms with E-state index in [1.165, 1.54) is 22.3 Å². The predicted molar refractivity (Wildman–Crippen MR) is 209 cm³/mol. The third-order valence-electron chi connectivity index (χ3n) is 8.17. The molecule has 16 heteroatoms. The summed E-state index contributed by atoms with van der Waals surface area (Å²) in [7, 11) is 0. The van der Waals surface area contributed by atoms with Gasteiger partial charge in [0.25, 0.3) is 0 Å². The summed E-state index contributed by atoms with van der Waals surface area (Å²) in [6, 6.07) is 16.5. The van der Waals surface area contributed by atoms with Crippen molar-refractivity contribution in [3.05, 3.63) is 59.7 Å². The van der Waals surface area contributed by atoms with E-state index in [0.717, 1.165) is 0 Å². The van der Waals surface area contributed by atoms with Gasteiger partial charge in [-0.25, -0.2) is 9.18 Å². The van der Waals surface area contributed by atoms with Crippen molar-refractivity contribution in [2.75, 3.05) is 178 Å². The van der Waals surface area contributed by atoms with E-state index in [9.17, 15) is 9.18 Å². The number of rotatable bonds is 40. The molecule has 2 aromatic rings. The van der Waals surface area contributed by atoms with Crippen LogP contribution in [0.1, 0.15) is 17.0 Å². The number of hydrogen-bond donors (Lipinski definition) is 1. The maximum Gasteiger partial charge on any atom is 0.407 e. The molecule has 0 heterocycles. The monoisotopic (exact) mass is 813 g/mol. The summed E-state index contributed by atoms with van der Waals surface area (Å²) < 4.78 is 82.4. The van der Waals surface area contributed by atoms with Crippen molar-refractivity contribution in [2.45, 2.75) is 5.92 Å². The largest absolute Gasteiger partial charge is 0.449 e. The first-order valence-electron chi connectivity index (χ1n) is 19.9. The molecule has 57 heavy (non-hydrogen) atoms. The van der Waals surface area contributed by atoms with Crippen LogP contribution in [-0.2, 0) is 61.6 Å². The lowest BCUT2D eigenvalue weighted by Gasteiger charge is -2.14. The molecule has 0 aromatic heterocycles. The minimum absolute atomic E-state index is 0.0329. The van der Waals surface area contributed by atoms with Gasteiger partial charge in [0, 0.05) is 12.5 Å². The van der Waals surface area contributed by atoms with Gasteiger partial charge < -0.3 is 66.9 Å². The Hall–Kier alpha value is -2.84. The zero-order chi connectivity index (χ0) is 40.1. The van der Waals surface area contributed by atoms with E-state index in [0.29, 0.717) is 159 Å². The van der Waals surface area contributed by atoms with Crippen molar-refractivity contribution >= 4 is 6.09 Å². The number of amides is 1. The highest BCUT2D eigenvalue weighted by Gasteiger charge is 2.28. The fourth-order valence-corrected chi connectivity index (χ4v) is 5.45. The summed E-state index contributed by atoms with van der Waals surface area (Å²) in [6.45, 7) is 10.9. The molecule has 0 aliphatic heterocycles. The first-order chi connectivity index (χ1) is 28.3. The lowest BCUT2D eigenvalue weighted by molar-refractivity contribution is -0.0284. The van der Waals surface area contributed by atoms with Crippen molar-refractivity contribution in [3.63, 3.8) is 0 Å². The standard InChI is InChI=1S/C41H64FNO14/c42-9-11-45-13-15-47-17-19-49-21-23-51-25-27-53-29-31-55-33-34-56-32-30-54-28-26-52-24-22-50-20-18-48-16-14-46-12-10-43-41(44)57-35-40-38-7-3-1-5-36(38)37-6-2-4-8-39(37)40/h1-8,40H,9-35H2,(H,43,44). The van der Waals surface area contributed by atoms with Gasteiger partial charge in [-0.05, 0) is 22.3 Å². The Bertz CT molecular complexity index is 1200.